The Hall–Kier alpha value is -4.40. The quantitative estimate of drug-likeness (QED) is 0.411. The van der Waals surface area contributed by atoms with Crippen molar-refractivity contribution in [3.63, 3.8) is 0 Å². The van der Waals surface area contributed by atoms with Gasteiger partial charge in [0.2, 0.25) is 0 Å². The number of carbonyl (C=O) groups excluding carboxylic acids is 1. The average Bonchev–Trinajstić information content (AvgIpc) is 3.25. The number of nitrogen functional groups attached to an aromatic ring is 1. The summed E-state index contributed by atoms with van der Waals surface area (Å²) in [6.45, 7) is 1.16. The van der Waals surface area contributed by atoms with E-state index in [0.29, 0.717) is 23.9 Å². The lowest BCUT2D eigenvalue weighted by atomic mass is 10.0. The molecule has 3 aromatic heterocycles. The van der Waals surface area contributed by atoms with E-state index in [0.717, 1.165) is 58.4 Å². The molecule has 1 atom stereocenters. The van der Waals surface area contributed by atoms with E-state index < -0.39 is 0 Å². The molecule has 0 saturated heterocycles. The molecule has 180 valence electrons. The Morgan fingerprint density at radius 2 is 2.03 bits per heavy atom. The topological polar surface area (TPSA) is 104 Å². The molecular formula is C27H25N7O2. The van der Waals surface area contributed by atoms with Gasteiger partial charge in [-0.05, 0) is 48.6 Å². The van der Waals surface area contributed by atoms with E-state index in [9.17, 15) is 4.79 Å². The van der Waals surface area contributed by atoms with Crippen molar-refractivity contribution in [2.75, 3.05) is 18.9 Å². The van der Waals surface area contributed by atoms with E-state index in [1.54, 1.807) is 17.2 Å². The van der Waals surface area contributed by atoms with Crippen molar-refractivity contribution >= 4 is 28.3 Å². The fourth-order valence-corrected chi connectivity index (χ4v) is 5.10. The van der Waals surface area contributed by atoms with Gasteiger partial charge in [-0.1, -0.05) is 12.1 Å². The van der Waals surface area contributed by atoms with Gasteiger partial charge in [0.05, 0.1) is 35.8 Å². The molecule has 0 bridgehead atoms. The molecule has 2 N–H and O–H groups in total. The second-order valence-corrected chi connectivity index (χ2v) is 9.73. The van der Waals surface area contributed by atoms with Gasteiger partial charge < -0.3 is 15.4 Å². The lowest BCUT2D eigenvalue weighted by molar-refractivity contribution is 0.0638. The molecule has 7 rings (SSSR count). The van der Waals surface area contributed by atoms with Crippen LogP contribution in [0.15, 0.2) is 61.3 Å². The van der Waals surface area contributed by atoms with Crippen LogP contribution in [0.4, 0.5) is 5.82 Å². The van der Waals surface area contributed by atoms with Crippen LogP contribution in [0.2, 0.25) is 0 Å². The highest BCUT2D eigenvalue weighted by Crippen LogP contribution is 2.41. The zero-order valence-electron chi connectivity index (χ0n) is 19.8. The Labute approximate surface area is 207 Å². The lowest BCUT2D eigenvalue weighted by Gasteiger charge is -2.29. The second kappa shape index (κ2) is 7.81. The number of nitrogens with zero attached hydrogens (tertiary/aromatic N) is 6. The summed E-state index contributed by atoms with van der Waals surface area (Å²) in [6, 6.07) is 11.7. The van der Waals surface area contributed by atoms with Crippen molar-refractivity contribution in [1.29, 1.82) is 0 Å². The van der Waals surface area contributed by atoms with Gasteiger partial charge in [0.15, 0.2) is 0 Å². The summed E-state index contributed by atoms with van der Waals surface area (Å²) >= 11 is 0. The van der Waals surface area contributed by atoms with Gasteiger partial charge in [-0.25, -0.2) is 9.97 Å². The minimum atomic E-state index is -0.135. The van der Waals surface area contributed by atoms with Crippen molar-refractivity contribution < 1.29 is 9.53 Å². The van der Waals surface area contributed by atoms with Crippen LogP contribution in [0, 0.1) is 5.92 Å². The van der Waals surface area contributed by atoms with Crippen LogP contribution in [0.3, 0.4) is 0 Å². The van der Waals surface area contributed by atoms with Crippen LogP contribution < -0.4 is 10.5 Å². The standard InChI is InChI=1S/C27H25N7O2/c1-32-13-19(10-30-32)17-4-6-20-24(14-36-25(20)9-17)33(12-16-2-3-16)27(35)18-5-7-21-22(8-18)34-15-29-11-23(34)26(28)31-21/h4-11,13,15-16,24H,2-3,12,14H2,1H3,(H2,28,31). The smallest absolute Gasteiger partial charge is 0.254 e. The molecule has 0 radical (unpaired) electrons. The Morgan fingerprint density at radius 3 is 2.83 bits per heavy atom. The van der Waals surface area contributed by atoms with Crippen molar-refractivity contribution in [2.24, 2.45) is 13.0 Å². The molecule has 1 aliphatic carbocycles. The first-order chi connectivity index (χ1) is 17.5. The lowest BCUT2D eigenvalue weighted by Crippen LogP contribution is -2.37. The van der Waals surface area contributed by atoms with Crippen molar-refractivity contribution in [3.05, 3.63) is 72.4 Å². The maximum atomic E-state index is 14.0. The highest BCUT2D eigenvalue weighted by atomic mass is 16.5. The number of amides is 1. The number of aromatic nitrogens is 5. The first kappa shape index (κ1) is 20.9. The zero-order valence-corrected chi connectivity index (χ0v) is 19.8. The number of benzene rings is 2. The summed E-state index contributed by atoms with van der Waals surface area (Å²) in [5, 5.41) is 4.27. The monoisotopic (exact) mass is 479 g/mol. The number of anilines is 1. The summed E-state index contributed by atoms with van der Waals surface area (Å²) in [4.78, 5) is 24.7. The van der Waals surface area contributed by atoms with Gasteiger partial charge in [0, 0.05) is 36.5 Å². The molecule has 1 unspecified atom stereocenters. The third-order valence-electron chi connectivity index (χ3n) is 7.22. The Kier molecular flexibility index (Phi) is 4.54. The predicted molar refractivity (Wildman–Crippen MR) is 136 cm³/mol. The maximum absolute atomic E-state index is 14.0. The second-order valence-electron chi connectivity index (χ2n) is 9.73. The first-order valence-electron chi connectivity index (χ1n) is 12.1. The van der Waals surface area contributed by atoms with Gasteiger partial charge in [-0.3, -0.25) is 13.9 Å². The number of rotatable bonds is 5. The minimum absolute atomic E-state index is 0.00771. The summed E-state index contributed by atoms with van der Waals surface area (Å²) in [6.07, 6.45) is 9.52. The van der Waals surface area contributed by atoms with Gasteiger partial charge in [-0.15, -0.1) is 0 Å². The molecule has 9 nitrogen and oxygen atoms in total. The number of imidazole rings is 1. The number of fused-ring (bicyclic) bond motifs is 4. The van der Waals surface area contributed by atoms with E-state index in [-0.39, 0.29) is 11.9 Å². The van der Waals surface area contributed by atoms with Gasteiger partial charge in [-0.2, -0.15) is 5.10 Å². The highest BCUT2D eigenvalue weighted by Gasteiger charge is 2.37. The molecule has 5 aromatic rings. The normalized spacial score (nSPS) is 16.9. The SMILES string of the molecule is Cn1cc(-c2ccc3c(c2)OCC3N(CC2CC2)C(=O)c2ccc3nc(N)c4cncn4c3c2)cn1. The Balaban J connectivity index is 1.25. The van der Waals surface area contributed by atoms with Crippen LogP contribution in [0.5, 0.6) is 5.75 Å². The minimum Gasteiger partial charge on any atom is -0.491 e. The summed E-state index contributed by atoms with van der Waals surface area (Å²) in [5.74, 6) is 1.77. The molecule has 1 saturated carbocycles. The Bertz CT molecular complexity index is 1650. The summed E-state index contributed by atoms with van der Waals surface area (Å²) in [7, 11) is 1.90. The van der Waals surface area contributed by atoms with E-state index >= 15 is 0 Å². The fourth-order valence-electron chi connectivity index (χ4n) is 5.10. The number of hydrogen-bond donors (Lipinski definition) is 1. The van der Waals surface area contributed by atoms with E-state index in [1.807, 2.05) is 53.0 Å². The number of ether oxygens (including phenoxy) is 1. The average molecular weight is 480 g/mol. The van der Waals surface area contributed by atoms with Crippen LogP contribution in [0.25, 0.3) is 27.7 Å². The number of hydrogen-bond acceptors (Lipinski definition) is 6. The number of carbonyl (C=O) groups is 1. The van der Waals surface area contributed by atoms with Crippen LogP contribution in [0.1, 0.15) is 34.8 Å². The zero-order chi connectivity index (χ0) is 24.4. The molecule has 9 heteroatoms. The first-order valence-corrected chi connectivity index (χ1v) is 12.1. The molecule has 1 fully saturated rings. The molecule has 1 aliphatic heterocycles. The van der Waals surface area contributed by atoms with E-state index in [4.69, 9.17) is 10.5 Å². The number of aryl methyl sites for hydroxylation is 1. The highest BCUT2D eigenvalue weighted by molar-refractivity contribution is 5.98. The van der Waals surface area contributed by atoms with Crippen LogP contribution in [-0.4, -0.2) is 48.1 Å². The predicted octanol–water partition coefficient (Wildman–Crippen LogP) is 3.85. The number of nitrogens with two attached hydrogens (primary N) is 1. The van der Waals surface area contributed by atoms with E-state index in [2.05, 4.69) is 27.2 Å². The van der Waals surface area contributed by atoms with Crippen molar-refractivity contribution in [3.8, 4) is 16.9 Å². The maximum Gasteiger partial charge on any atom is 0.254 e. The fraction of sp³-hybridized carbons (Fsp3) is 0.259. The molecule has 0 spiro atoms. The van der Waals surface area contributed by atoms with Gasteiger partial charge in [0.1, 0.15) is 23.7 Å². The third-order valence-corrected chi connectivity index (χ3v) is 7.22. The van der Waals surface area contributed by atoms with Crippen LogP contribution in [-0.2, 0) is 7.05 Å². The van der Waals surface area contributed by atoms with Gasteiger partial charge >= 0.3 is 0 Å². The van der Waals surface area contributed by atoms with Gasteiger partial charge in [0.25, 0.3) is 5.91 Å². The van der Waals surface area contributed by atoms with Crippen LogP contribution >= 0.6 is 0 Å². The van der Waals surface area contributed by atoms with Crippen molar-refractivity contribution in [1.82, 2.24) is 29.0 Å². The molecule has 1 amide bonds. The molecular weight excluding hydrogens is 454 g/mol. The molecule has 2 aliphatic rings. The third kappa shape index (κ3) is 3.38. The molecule has 36 heavy (non-hydrogen) atoms. The molecule has 4 heterocycles. The van der Waals surface area contributed by atoms with Crippen molar-refractivity contribution in [2.45, 2.75) is 18.9 Å². The van der Waals surface area contributed by atoms with E-state index in [1.165, 1.54) is 0 Å². The summed E-state index contributed by atoms with van der Waals surface area (Å²) in [5.41, 5.74) is 12.1. The molecule has 2 aromatic carbocycles. The largest absolute Gasteiger partial charge is 0.491 e. The summed E-state index contributed by atoms with van der Waals surface area (Å²) < 4.78 is 9.79. The Morgan fingerprint density at radius 1 is 1.14 bits per heavy atom.